The fourth-order valence-electron chi connectivity index (χ4n) is 3.49. The molecule has 1 spiro atoms. The smallest absolute Gasteiger partial charge is 0.322 e. The zero-order valence-electron chi connectivity index (χ0n) is 13.4. The van der Waals surface area contributed by atoms with Gasteiger partial charge in [-0.15, -0.1) is 0 Å². The highest BCUT2D eigenvalue weighted by Gasteiger charge is 2.52. The van der Waals surface area contributed by atoms with Gasteiger partial charge in [-0.3, -0.25) is 15.0 Å². The van der Waals surface area contributed by atoms with Crippen molar-refractivity contribution >= 4 is 17.8 Å². The van der Waals surface area contributed by atoms with Crippen molar-refractivity contribution in [3.8, 4) is 0 Å². The van der Waals surface area contributed by atoms with Crippen LogP contribution in [0.15, 0.2) is 18.2 Å². The van der Waals surface area contributed by atoms with E-state index < -0.39 is 17.5 Å². The second kappa shape index (κ2) is 5.68. The molecule has 122 valence electrons. The van der Waals surface area contributed by atoms with Gasteiger partial charge in [-0.1, -0.05) is 36.5 Å². The second-order valence-corrected chi connectivity index (χ2v) is 6.53. The number of hydrogen-bond acceptors (Lipinski definition) is 3. The Hall–Kier alpha value is -2.37. The number of carbonyl (C=O) groups excluding carboxylic acids is 3. The number of hydrazine groups is 1. The average Bonchev–Trinajstić information content (AvgIpc) is 2.71. The molecule has 0 atom stereocenters. The Morgan fingerprint density at radius 1 is 1.09 bits per heavy atom. The van der Waals surface area contributed by atoms with Crippen LogP contribution in [0.2, 0.25) is 0 Å². The first-order chi connectivity index (χ1) is 10.9. The first-order valence-corrected chi connectivity index (χ1v) is 7.97. The van der Waals surface area contributed by atoms with E-state index in [4.69, 9.17) is 0 Å². The molecule has 4 amide bonds. The van der Waals surface area contributed by atoms with Crippen LogP contribution in [0.25, 0.3) is 0 Å². The number of aryl methyl sites for hydroxylation is 2. The van der Waals surface area contributed by atoms with E-state index in [1.165, 1.54) is 0 Å². The summed E-state index contributed by atoms with van der Waals surface area (Å²) in [7, 11) is 0. The van der Waals surface area contributed by atoms with Crippen molar-refractivity contribution in [2.24, 2.45) is 0 Å². The van der Waals surface area contributed by atoms with Crippen molar-refractivity contribution in [2.75, 3.05) is 0 Å². The summed E-state index contributed by atoms with van der Waals surface area (Å²) < 4.78 is 0. The van der Waals surface area contributed by atoms with E-state index in [1.807, 2.05) is 19.9 Å². The Bertz CT molecular complexity index is 657. The monoisotopic (exact) mass is 315 g/mol. The molecule has 2 aliphatic rings. The molecule has 1 heterocycles. The molecule has 0 unspecified atom stereocenters. The topological polar surface area (TPSA) is 78.5 Å². The molecule has 0 bridgehead atoms. The van der Waals surface area contributed by atoms with Crippen LogP contribution in [0, 0.1) is 13.8 Å². The van der Waals surface area contributed by atoms with Gasteiger partial charge in [0.05, 0.1) is 0 Å². The minimum Gasteiger partial charge on any atom is -0.322 e. The Morgan fingerprint density at radius 2 is 1.70 bits per heavy atom. The summed E-state index contributed by atoms with van der Waals surface area (Å²) in [5.41, 5.74) is 3.97. The maximum Gasteiger partial charge on any atom is 0.344 e. The van der Waals surface area contributed by atoms with Crippen molar-refractivity contribution in [2.45, 2.75) is 51.5 Å². The summed E-state index contributed by atoms with van der Waals surface area (Å²) in [6, 6.07) is 4.88. The summed E-state index contributed by atoms with van der Waals surface area (Å²) in [4.78, 5) is 37.1. The molecule has 2 fully saturated rings. The maximum absolute atomic E-state index is 12.6. The van der Waals surface area contributed by atoms with E-state index in [2.05, 4.69) is 10.7 Å². The van der Waals surface area contributed by atoms with E-state index in [-0.39, 0.29) is 5.91 Å². The number of hydrogen-bond donors (Lipinski definition) is 2. The fourth-order valence-corrected chi connectivity index (χ4v) is 3.49. The van der Waals surface area contributed by atoms with Gasteiger partial charge in [0.2, 0.25) is 0 Å². The van der Waals surface area contributed by atoms with Crippen molar-refractivity contribution in [3.05, 3.63) is 34.9 Å². The van der Waals surface area contributed by atoms with Crippen LogP contribution >= 0.6 is 0 Å². The molecule has 1 aromatic carbocycles. The molecule has 1 aromatic rings. The largest absolute Gasteiger partial charge is 0.344 e. The van der Waals surface area contributed by atoms with Crippen LogP contribution in [0.5, 0.6) is 0 Å². The van der Waals surface area contributed by atoms with Crippen LogP contribution in [-0.4, -0.2) is 28.4 Å². The van der Waals surface area contributed by atoms with Crippen LogP contribution in [-0.2, 0) is 4.79 Å². The molecule has 1 saturated heterocycles. The lowest BCUT2D eigenvalue weighted by atomic mass is 9.82. The molecule has 1 saturated carbocycles. The minimum atomic E-state index is -0.828. The van der Waals surface area contributed by atoms with Crippen molar-refractivity contribution < 1.29 is 14.4 Å². The number of amides is 4. The molecule has 23 heavy (non-hydrogen) atoms. The number of nitrogens with zero attached hydrogens (tertiary/aromatic N) is 1. The number of urea groups is 1. The first kappa shape index (κ1) is 15.5. The molecule has 6 nitrogen and oxygen atoms in total. The van der Waals surface area contributed by atoms with Gasteiger partial charge in [0.15, 0.2) is 0 Å². The van der Waals surface area contributed by atoms with Crippen LogP contribution in [0.1, 0.15) is 53.6 Å². The third-order valence-electron chi connectivity index (χ3n) is 4.57. The van der Waals surface area contributed by atoms with Crippen LogP contribution < -0.4 is 10.7 Å². The SMILES string of the molecule is Cc1cc(C)cc(C(=O)NN2C(=O)NC3(CCCCC3)C2=O)c1. The molecular formula is C17H21N3O3. The Balaban J connectivity index is 1.78. The number of imide groups is 1. The quantitative estimate of drug-likeness (QED) is 0.821. The number of nitrogens with one attached hydrogen (secondary N) is 2. The number of rotatable bonds is 2. The summed E-state index contributed by atoms with van der Waals surface area (Å²) in [6.45, 7) is 3.79. The highest BCUT2D eigenvalue weighted by molar-refractivity contribution is 6.09. The molecule has 0 aromatic heterocycles. The molecule has 1 aliphatic heterocycles. The highest BCUT2D eigenvalue weighted by atomic mass is 16.2. The fraction of sp³-hybridized carbons (Fsp3) is 0.471. The predicted octanol–water partition coefficient (Wildman–Crippen LogP) is 2.20. The van der Waals surface area contributed by atoms with E-state index in [9.17, 15) is 14.4 Å². The standard InChI is InChI=1S/C17H21N3O3/c1-11-8-12(2)10-13(9-11)14(21)19-20-15(22)17(18-16(20)23)6-4-3-5-7-17/h8-10H,3-7H2,1-2H3,(H,18,23)(H,19,21). The predicted molar refractivity (Wildman–Crippen MR) is 84.6 cm³/mol. The lowest BCUT2D eigenvalue weighted by molar-refractivity contribution is -0.134. The average molecular weight is 315 g/mol. The Kier molecular flexibility index (Phi) is 3.83. The highest BCUT2D eigenvalue weighted by Crippen LogP contribution is 2.33. The Labute approximate surface area is 135 Å². The van der Waals surface area contributed by atoms with Gasteiger partial charge in [0, 0.05) is 5.56 Å². The van der Waals surface area contributed by atoms with E-state index in [1.54, 1.807) is 12.1 Å². The third kappa shape index (κ3) is 2.81. The lowest BCUT2D eigenvalue weighted by Crippen LogP contribution is -2.50. The van der Waals surface area contributed by atoms with Crippen molar-refractivity contribution in [1.82, 2.24) is 15.8 Å². The lowest BCUT2D eigenvalue weighted by Gasteiger charge is -2.30. The first-order valence-electron chi connectivity index (χ1n) is 7.97. The van der Waals surface area contributed by atoms with Gasteiger partial charge in [0.25, 0.3) is 11.8 Å². The summed E-state index contributed by atoms with van der Waals surface area (Å²) >= 11 is 0. The van der Waals surface area contributed by atoms with Gasteiger partial charge >= 0.3 is 6.03 Å². The van der Waals surface area contributed by atoms with Crippen LogP contribution in [0.4, 0.5) is 4.79 Å². The molecule has 3 rings (SSSR count). The third-order valence-corrected chi connectivity index (χ3v) is 4.57. The van der Waals surface area contributed by atoms with Gasteiger partial charge < -0.3 is 5.32 Å². The summed E-state index contributed by atoms with van der Waals surface area (Å²) in [6.07, 6.45) is 4.15. The molecule has 1 aliphatic carbocycles. The van der Waals surface area contributed by atoms with E-state index >= 15 is 0 Å². The van der Waals surface area contributed by atoms with Gasteiger partial charge in [0.1, 0.15) is 5.54 Å². The van der Waals surface area contributed by atoms with Gasteiger partial charge in [-0.25, -0.2) is 4.79 Å². The zero-order chi connectivity index (χ0) is 16.6. The van der Waals surface area contributed by atoms with E-state index in [0.717, 1.165) is 35.4 Å². The second-order valence-electron chi connectivity index (χ2n) is 6.53. The van der Waals surface area contributed by atoms with Crippen molar-refractivity contribution in [1.29, 1.82) is 0 Å². The molecule has 0 radical (unpaired) electrons. The normalized spacial score (nSPS) is 19.8. The van der Waals surface area contributed by atoms with Crippen LogP contribution in [0.3, 0.4) is 0 Å². The molecular weight excluding hydrogens is 294 g/mol. The minimum absolute atomic E-state index is 0.347. The summed E-state index contributed by atoms with van der Waals surface area (Å²) in [5.74, 6) is -0.798. The van der Waals surface area contributed by atoms with Gasteiger partial charge in [-0.2, -0.15) is 5.01 Å². The van der Waals surface area contributed by atoms with Crippen molar-refractivity contribution in [3.63, 3.8) is 0 Å². The molecule has 2 N–H and O–H groups in total. The zero-order valence-corrected chi connectivity index (χ0v) is 13.4. The van der Waals surface area contributed by atoms with E-state index in [0.29, 0.717) is 18.4 Å². The number of benzene rings is 1. The summed E-state index contributed by atoms with van der Waals surface area (Å²) in [5, 5.41) is 3.61. The van der Waals surface area contributed by atoms with Gasteiger partial charge in [-0.05, 0) is 38.8 Å². The number of carbonyl (C=O) groups is 3. The molecule has 6 heteroatoms. The maximum atomic E-state index is 12.6. The Morgan fingerprint density at radius 3 is 2.30 bits per heavy atom.